The number of rotatable bonds is 6. The van der Waals surface area contributed by atoms with Crippen LogP contribution in [-0.2, 0) is 17.7 Å². The van der Waals surface area contributed by atoms with Crippen LogP contribution in [0.25, 0.3) is 21.3 Å². The summed E-state index contributed by atoms with van der Waals surface area (Å²) in [6, 6.07) is 10.6. The van der Waals surface area contributed by atoms with Crippen molar-refractivity contribution >= 4 is 39.1 Å². The van der Waals surface area contributed by atoms with Crippen molar-refractivity contribution < 1.29 is 13.9 Å². The zero-order valence-corrected chi connectivity index (χ0v) is 18.0. The van der Waals surface area contributed by atoms with Gasteiger partial charge >= 0.3 is 5.97 Å². The second-order valence-electron chi connectivity index (χ2n) is 6.76. The summed E-state index contributed by atoms with van der Waals surface area (Å²) in [5.41, 5.74) is 1.60. The Hall–Kier alpha value is -2.90. The van der Waals surface area contributed by atoms with Crippen molar-refractivity contribution in [1.82, 2.24) is 9.55 Å². The van der Waals surface area contributed by atoms with Crippen LogP contribution in [0.3, 0.4) is 0 Å². The number of esters is 1. The molecule has 0 radical (unpaired) electrons. The number of hydrogen-bond acceptors (Lipinski definition) is 6. The van der Waals surface area contributed by atoms with E-state index >= 15 is 0 Å². The topological polar surface area (TPSA) is 74.3 Å². The van der Waals surface area contributed by atoms with Gasteiger partial charge in [0, 0.05) is 22.4 Å². The van der Waals surface area contributed by atoms with Gasteiger partial charge in [0.2, 0.25) is 5.76 Å². The Balaban J connectivity index is 1.83. The van der Waals surface area contributed by atoms with E-state index in [0.29, 0.717) is 33.2 Å². The third-order valence-electron chi connectivity index (χ3n) is 4.76. The van der Waals surface area contributed by atoms with Crippen molar-refractivity contribution in [3.63, 3.8) is 0 Å². The Kier molecular flexibility index (Phi) is 5.74. The van der Waals surface area contributed by atoms with Crippen LogP contribution in [0.5, 0.6) is 0 Å². The van der Waals surface area contributed by atoms with Crippen molar-refractivity contribution in [3.8, 4) is 11.1 Å². The summed E-state index contributed by atoms with van der Waals surface area (Å²) >= 11 is 7.46. The molecular formula is C22H19ClN2O4S. The molecule has 0 atom stereocenters. The quantitative estimate of drug-likeness (QED) is 0.385. The van der Waals surface area contributed by atoms with E-state index in [1.54, 1.807) is 28.8 Å². The molecule has 0 N–H and O–H groups in total. The summed E-state index contributed by atoms with van der Waals surface area (Å²) in [6.07, 6.45) is 1.50. The average molecular weight is 443 g/mol. The van der Waals surface area contributed by atoms with Gasteiger partial charge in [-0.1, -0.05) is 30.7 Å². The predicted octanol–water partition coefficient (Wildman–Crippen LogP) is 5.16. The summed E-state index contributed by atoms with van der Waals surface area (Å²) in [6.45, 7) is 2.22. The summed E-state index contributed by atoms with van der Waals surface area (Å²) in [4.78, 5) is 30.7. The number of aromatic nitrogens is 2. The molecule has 0 saturated heterocycles. The van der Waals surface area contributed by atoms with Gasteiger partial charge in [-0.05, 0) is 36.2 Å². The first-order valence-corrected chi connectivity index (χ1v) is 10.7. The standard InChI is InChI=1S/C22H19ClN2O4S/c1-3-4-18-24-20-19(16(12-30-20)13-5-7-14(23)8-6-13)21(26)25(18)11-15-9-10-17(29-15)22(27)28-2/h5-10,12H,3-4,11H2,1-2H3. The first-order chi connectivity index (χ1) is 14.5. The Morgan fingerprint density at radius 3 is 2.70 bits per heavy atom. The van der Waals surface area contributed by atoms with Crippen molar-refractivity contribution in [2.45, 2.75) is 26.3 Å². The van der Waals surface area contributed by atoms with Gasteiger partial charge in [-0.3, -0.25) is 9.36 Å². The fourth-order valence-electron chi connectivity index (χ4n) is 3.31. The van der Waals surface area contributed by atoms with Crippen LogP contribution in [0, 0.1) is 0 Å². The maximum Gasteiger partial charge on any atom is 0.373 e. The van der Waals surface area contributed by atoms with Crippen LogP contribution in [0.15, 0.2) is 51.0 Å². The average Bonchev–Trinajstić information content (AvgIpc) is 3.38. The highest BCUT2D eigenvalue weighted by Crippen LogP contribution is 2.32. The van der Waals surface area contributed by atoms with Crippen LogP contribution in [0.2, 0.25) is 5.02 Å². The van der Waals surface area contributed by atoms with Crippen LogP contribution >= 0.6 is 22.9 Å². The molecule has 30 heavy (non-hydrogen) atoms. The molecule has 1 aromatic carbocycles. The monoisotopic (exact) mass is 442 g/mol. The highest BCUT2D eigenvalue weighted by atomic mass is 35.5. The second kappa shape index (κ2) is 8.45. The van der Waals surface area contributed by atoms with Gasteiger partial charge in [-0.15, -0.1) is 11.3 Å². The third-order valence-corrected chi connectivity index (χ3v) is 5.89. The number of aryl methyl sites for hydroxylation is 1. The molecule has 0 aliphatic heterocycles. The molecule has 4 aromatic rings. The lowest BCUT2D eigenvalue weighted by Crippen LogP contribution is -2.25. The molecule has 0 unspecified atom stereocenters. The molecule has 0 aliphatic carbocycles. The van der Waals surface area contributed by atoms with Gasteiger partial charge < -0.3 is 9.15 Å². The Labute approximate surface area is 181 Å². The summed E-state index contributed by atoms with van der Waals surface area (Å²) in [5.74, 6) is 0.720. The fourth-order valence-corrected chi connectivity index (χ4v) is 4.40. The van der Waals surface area contributed by atoms with Crippen molar-refractivity contribution in [3.05, 3.63) is 74.5 Å². The zero-order valence-electron chi connectivity index (χ0n) is 16.5. The van der Waals surface area contributed by atoms with Gasteiger partial charge in [-0.2, -0.15) is 0 Å². The normalized spacial score (nSPS) is 11.2. The van der Waals surface area contributed by atoms with Gasteiger partial charge in [0.05, 0.1) is 19.0 Å². The maximum absolute atomic E-state index is 13.5. The summed E-state index contributed by atoms with van der Waals surface area (Å²) in [7, 11) is 1.29. The minimum atomic E-state index is -0.557. The lowest BCUT2D eigenvalue weighted by atomic mass is 10.1. The number of methoxy groups -OCH3 is 1. The van der Waals surface area contributed by atoms with E-state index in [4.69, 9.17) is 21.0 Å². The smallest absolute Gasteiger partial charge is 0.373 e. The van der Waals surface area contributed by atoms with Crippen molar-refractivity contribution in [2.24, 2.45) is 0 Å². The fraction of sp³-hybridized carbons (Fsp3) is 0.227. The van der Waals surface area contributed by atoms with Crippen molar-refractivity contribution in [1.29, 1.82) is 0 Å². The molecule has 3 aromatic heterocycles. The Morgan fingerprint density at radius 2 is 2.00 bits per heavy atom. The van der Waals surface area contributed by atoms with Crippen LogP contribution < -0.4 is 5.56 Å². The number of halogens is 1. The number of thiophene rings is 1. The van der Waals surface area contributed by atoms with E-state index < -0.39 is 5.97 Å². The van der Waals surface area contributed by atoms with E-state index in [0.717, 1.165) is 17.5 Å². The molecule has 0 aliphatic rings. The molecule has 0 bridgehead atoms. The molecule has 4 rings (SSSR count). The number of hydrogen-bond donors (Lipinski definition) is 0. The van der Waals surface area contributed by atoms with Gasteiger partial charge in [0.25, 0.3) is 5.56 Å². The highest BCUT2D eigenvalue weighted by Gasteiger charge is 2.19. The van der Waals surface area contributed by atoms with E-state index in [-0.39, 0.29) is 17.9 Å². The second-order valence-corrected chi connectivity index (χ2v) is 8.06. The number of benzene rings is 1. The van der Waals surface area contributed by atoms with E-state index in [2.05, 4.69) is 4.74 Å². The zero-order chi connectivity index (χ0) is 21.3. The SMILES string of the molecule is CCCc1nc2scc(-c3ccc(Cl)cc3)c2c(=O)n1Cc1ccc(C(=O)OC)o1. The number of fused-ring (bicyclic) bond motifs is 1. The molecule has 0 saturated carbocycles. The largest absolute Gasteiger partial charge is 0.463 e. The maximum atomic E-state index is 13.5. The minimum Gasteiger partial charge on any atom is -0.463 e. The highest BCUT2D eigenvalue weighted by molar-refractivity contribution is 7.17. The first-order valence-electron chi connectivity index (χ1n) is 9.45. The Bertz CT molecular complexity index is 1270. The number of carbonyl (C=O) groups excluding carboxylic acids is 1. The molecule has 0 fully saturated rings. The van der Waals surface area contributed by atoms with E-state index in [1.165, 1.54) is 18.4 Å². The Morgan fingerprint density at radius 1 is 1.23 bits per heavy atom. The number of ether oxygens (including phenoxy) is 1. The molecule has 8 heteroatoms. The van der Waals surface area contributed by atoms with Crippen LogP contribution in [0.1, 0.15) is 35.5 Å². The molecular weight excluding hydrogens is 424 g/mol. The lowest BCUT2D eigenvalue weighted by Gasteiger charge is -2.11. The molecule has 154 valence electrons. The molecule has 6 nitrogen and oxygen atoms in total. The van der Waals surface area contributed by atoms with Crippen molar-refractivity contribution in [2.75, 3.05) is 7.11 Å². The molecule has 0 spiro atoms. The first kappa shape index (κ1) is 20.4. The summed E-state index contributed by atoms with van der Waals surface area (Å²) < 4.78 is 11.9. The third kappa shape index (κ3) is 3.78. The van der Waals surface area contributed by atoms with Gasteiger partial charge in [0.1, 0.15) is 16.4 Å². The molecule has 3 heterocycles. The van der Waals surface area contributed by atoms with Gasteiger partial charge in [-0.25, -0.2) is 9.78 Å². The van der Waals surface area contributed by atoms with E-state index in [9.17, 15) is 9.59 Å². The number of carbonyl (C=O) groups is 1. The number of furan rings is 1. The van der Waals surface area contributed by atoms with Crippen LogP contribution in [-0.4, -0.2) is 22.6 Å². The van der Waals surface area contributed by atoms with Gasteiger partial charge in [0.15, 0.2) is 0 Å². The molecule has 0 amide bonds. The summed E-state index contributed by atoms with van der Waals surface area (Å²) in [5, 5.41) is 3.16. The predicted molar refractivity (Wildman–Crippen MR) is 117 cm³/mol. The number of nitrogens with zero attached hydrogens (tertiary/aromatic N) is 2. The van der Waals surface area contributed by atoms with E-state index in [1.807, 2.05) is 24.4 Å². The minimum absolute atomic E-state index is 0.101. The lowest BCUT2D eigenvalue weighted by molar-refractivity contribution is 0.0563. The van der Waals surface area contributed by atoms with Crippen LogP contribution in [0.4, 0.5) is 0 Å².